The number of carbonyl (C=O) groups is 1. The molecule has 0 saturated heterocycles. The van der Waals surface area contributed by atoms with Crippen LogP contribution >= 0.6 is 0 Å². The number of aromatic nitrogens is 3. The first-order chi connectivity index (χ1) is 8.65. The van der Waals surface area contributed by atoms with Gasteiger partial charge < -0.3 is 9.84 Å². The lowest BCUT2D eigenvalue weighted by atomic mass is 10.3. The Balaban J connectivity index is 1.84. The van der Waals surface area contributed by atoms with E-state index in [4.69, 9.17) is 9.84 Å². The molecule has 6 nitrogen and oxygen atoms in total. The van der Waals surface area contributed by atoms with E-state index in [0.717, 1.165) is 0 Å². The van der Waals surface area contributed by atoms with Crippen molar-refractivity contribution >= 4 is 5.97 Å². The molecule has 0 radical (unpaired) electrons. The van der Waals surface area contributed by atoms with Gasteiger partial charge in [0.25, 0.3) is 0 Å². The van der Waals surface area contributed by atoms with Crippen molar-refractivity contribution < 1.29 is 19.0 Å². The smallest absolute Gasteiger partial charge is 0.358 e. The molecule has 1 N–H and O–H groups in total. The van der Waals surface area contributed by atoms with Gasteiger partial charge >= 0.3 is 5.97 Å². The number of aromatic carboxylic acids is 1. The lowest BCUT2D eigenvalue weighted by Gasteiger charge is -2.05. The van der Waals surface area contributed by atoms with E-state index < -0.39 is 5.97 Å². The van der Waals surface area contributed by atoms with Crippen molar-refractivity contribution in [3.05, 3.63) is 42.0 Å². The zero-order valence-electron chi connectivity index (χ0n) is 9.28. The first-order valence-corrected chi connectivity index (χ1v) is 5.17. The Morgan fingerprint density at radius 1 is 1.39 bits per heavy atom. The largest absolute Gasteiger partial charge is 0.492 e. The van der Waals surface area contributed by atoms with Gasteiger partial charge in [-0.25, -0.2) is 13.9 Å². The number of hydrogen-bond donors (Lipinski definition) is 1. The number of nitrogens with zero attached hydrogens (tertiary/aromatic N) is 3. The lowest BCUT2D eigenvalue weighted by molar-refractivity contribution is 0.0690. The zero-order valence-corrected chi connectivity index (χ0v) is 9.28. The Hall–Kier alpha value is -2.44. The van der Waals surface area contributed by atoms with Crippen LogP contribution in [0.3, 0.4) is 0 Å². The van der Waals surface area contributed by atoms with Crippen LogP contribution in [0.1, 0.15) is 10.5 Å². The number of benzene rings is 1. The van der Waals surface area contributed by atoms with Crippen LogP contribution in [0.4, 0.5) is 4.39 Å². The molecule has 94 valence electrons. The summed E-state index contributed by atoms with van der Waals surface area (Å²) >= 11 is 0. The summed E-state index contributed by atoms with van der Waals surface area (Å²) in [4.78, 5) is 10.6. The predicted molar refractivity (Wildman–Crippen MR) is 58.9 cm³/mol. The molecule has 1 heterocycles. The Morgan fingerprint density at radius 3 is 2.72 bits per heavy atom. The van der Waals surface area contributed by atoms with Crippen molar-refractivity contribution in [3.8, 4) is 5.75 Å². The average Bonchev–Trinajstić information content (AvgIpc) is 2.81. The minimum absolute atomic E-state index is 0.114. The topological polar surface area (TPSA) is 77.2 Å². The fourth-order valence-electron chi connectivity index (χ4n) is 1.29. The molecule has 0 spiro atoms. The first kappa shape index (κ1) is 12.0. The number of ether oxygens (including phenoxy) is 1. The standard InChI is InChI=1S/C11H10FN3O3/c12-8-1-3-9(4-2-8)18-6-5-15-7-10(11(16)17)13-14-15/h1-4,7H,5-6H2,(H,16,17). The van der Waals surface area contributed by atoms with Crippen LogP contribution < -0.4 is 4.74 Å². The normalized spacial score (nSPS) is 10.3. The van der Waals surface area contributed by atoms with Crippen molar-refractivity contribution in [2.24, 2.45) is 0 Å². The summed E-state index contributed by atoms with van der Waals surface area (Å²) in [6.07, 6.45) is 1.32. The molecule has 0 aliphatic carbocycles. The van der Waals surface area contributed by atoms with E-state index in [2.05, 4.69) is 10.3 Å². The molecule has 1 aromatic carbocycles. The van der Waals surface area contributed by atoms with Crippen molar-refractivity contribution in [1.29, 1.82) is 0 Å². The van der Waals surface area contributed by atoms with Gasteiger partial charge in [-0.1, -0.05) is 5.21 Å². The third-order valence-electron chi connectivity index (χ3n) is 2.16. The fourth-order valence-corrected chi connectivity index (χ4v) is 1.29. The minimum Gasteiger partial charge on any atom is -0.492 e. The van der Waals surface area contributed by atoms with Crippen LogP contribution in [0.2, 0.25) is 0 Å². The molecule has 2 aromatic rings. The van der Waals surface area contributed by atoms with Gasteiger partial charge in [0.15, 0.2) is 5.69 Å². The van der Waals surface area contributed by atoms with Crippen molar-refractivity contribution in [1.82, 2.24) is 15.0 Å². The molecule has 0 saturated carbocycles. The third kappa shape index (κ3) is 3.03. The molecular formula is C11H10FN3O3. The summed E-state index contributed by atoms with van der Waals surface area (Å²) < 4.78 is 19.3. The number of carboxylic acids is 1. The van der Waals surface area contributed by atoms with Crippen LogP contribution in [-0.2, 0) is 6.54 Å². The van der Waals surface area contributed by atoms with Gasteiger partial charge in [-0.3, -0.25) is 0 Å². The molecule has 0 fully saturated rings. The molecular weight excluding hydrogens is 241 g/mol. The van der Waals surface area contributed by atoms with E-state index in [1.165, 1.54) is 35.1 Å². The highest BCUT2D eigenvalue weighted by molar-refractivity contribution is 5.84. The zero-order chi connectivity index (χ0) is 13.0. The Bertz CT molecular complexity index is 539. The van der Waals surface area contributed by atoms with Gasteiger partial charge in [-0.2, -0.15) is 0 Å². The van der Waals surface area contributed by atoms with Gasteiger partial charge in [-0.15, -0.1) is 5.10 Å². The van der Waals surface area contributed by atoms with Crippen molar-refractivity contribution in [2.45, 2.75) is 6.54 Å². The molecule has 0 amide bonds. The molecule has 0 bridgehead atoms. The maximum absolute atomic E-state index is 12.6. The van der Waals surface area contributed by atoms with Crippen LogP contribution in [0.15, 0.2) is 30.5 Å². The number of halogens is 1. The highest BCUT2D eigenvalue weighted by atomic mass is 19.1. The summed E-state index contributed by atoms with van der Waals surface area (Å²) in [6, 6.07) is 5.62. The Morgan fingerprint density at radius 2 is 2.11 bits per heavy atom. The van der Waals surface area contributed by atoms with E-state index >= 15 is 0 Å². The monoisotopic (exact) mass is 251 g/mol. The second kappa shape index (κ2) is 5.26. The van der Waals surface area contributed by atoms with Crippen molar-refractivity contribution in [2.75, 3.05) is 6.61 Å². The summed E-state index contributed by atoms with van der Waals surface area (Å²) in [7, 11) is 0. The highest BCUT2D eigenvalue weighted by Crippen LogP contribution is 2.10. The second-order valence-corrected chi connectivity index (χ2v) is 3.47. The molecule has 0 aliphatic heterocycles. The first-order valence-electron chi connectivity index (χ1n) is 5.17. The molecule has 1 aromatic heterocycles. The maximum Gasteiger partial charge on any atom is 0.358 e. The van der Waals surface area contributed by atoms with E-state index in [1.807, 2.05) is 0 Å². The third-order valence-corrected chi connectivity index (χ3v) is 2.16. The number of hydrogen-bond acceptors (Lipinski definition) is 4. The fraction of sp³-hybridized carbons (Fsp3) is 0.182. The van der Waals surface area contributed by atoms with Gasteiger partial charge in [0.1, 0.15) is 18.2 Å². The summed E-state index contributed by atoms with van der Waals surface area (Å²) in [5, 5.41) is 15.7. The van der Waals surface area contributed by atoms with Crippen LogP contribution in [0, 0.1) is 5.82 Å². The molecule has 0 aliphatic rings. The van der Waals surface area contributed by atoms with E-state index in [9.17, 15) is 9.18 Å². The highest BCUT2D eigenvalue weighted by Gasteiger charge is 2.07. The molecule has 2 rings (SSSR count). The van der Waals surface area contributed by atoms with Gasteiger partial charge in [0.05, 0.1) is 12.7 Å². The number of rotatable bonds is 5. The van der Waals surface area contributed by atoms with Crippen LogP contribution in [0.25, 0.3) is 0 Å². The van der Waals surface area contributed by atoms with E-state index in [1.54, 1.807) is 0 Å². The summed E-state index contributed by atoms with van der Waals surface area (Å²) in [5.41, 5.74) is -0.114. The van der Waals surface area contributed by atoms with Crippen LogP contribution in [-0.4, -0.2) is 32.7 Å². The van der Waals surface area contributed by atoms with Crippen LogP contribution in [0.5, 0.6) is 5.75 Å². The number of carboxylic acid groups (broad SMARTS) is 1. The molecule has 18 heavy (non-hydrogen) atoms. The minimum atomic E-state index is -1.12. The average molecular weight is 251 g/mol. The van der Waals surface area contributed by atoms with Gasteiger partial charge in [0.2, 0.25) is 0 Å². The second-order valence-electron chi connectivity index (χ2n) is 3.47. The molecule has 0 atom stereocenters. The maximum atomic E-state index is 12.6. The summed E-state index contributed by atoms with van der Waals surface area (Å²) in [6.45, 7) is 0.645. The SMILES string of the molecule is O=C(O)c1cn(CCOc2ccc(F)cc2)nn1. The van der Waals surface area contributed by atoms with E-state index in [0.29, 0.717) is 12.3 Å². The quantitative estimate of drug-likeness (QED) is 0.863. The Labute approximate surface area is 102 Å². The lowest BCUT2D eigenvalue weighted by Crippen LogP contribution is -2.08. The predicted octanol–water partition coefficient (Wildman–Crippen LogP) is 1.19. The molecule has 0 unspecified atom stereocenters. The van der Waals surface area contributed by atoms with Gasteiger partial charge in [0, 0.05) is 0 Å². The van der Waals surface area contributed by atoms with Crippen molar-refractivity contribution in [3.63, 3.8) is 0 Å². The molecule has 7 heteroatoms. The van der Waals surface area contributed by atoms with Gasteiger partial charge in [-0.05, 0) is 24.3 Å². The Kier molecular flexibility index (Phi) is 3.52. The summed E-state index contributed by atoms with van der Waals surface area (Å²) in [5.74, 6) is -0.916. The van der Waals surface area contributed by atoms with E-state index in [-0.39, 0.29) is 18.1 Å².